The van der Waals surface area contributed by atoms with E-state index in [1.54, 1.807) is 20.9 Å². The van der Waals surface area contributed by atoms with Crippen molar-refractivity contribution in [1.82, 2.24) is 15.1 Å². The molecule has 0 aliphatic heterocycles. The van der Waals surface area contributed by atoms with E-state index in [0.717, 1.165) is 21.8 Å². The Kier molecular flexibility index (Phi) is 5.44. The van der Waals surface area contributed by atoms with Gasteiger partial charge in [0.1, 0.15) is 5.54 Å². The molecular formula is C15H15BrN4O2S. The van der Waals surface area contributed by atoms with E-state index in [1.807, 2.05) is 24.3 Å². The lowest BCUT2D eigenvalue weighted by Gasteiger charge is -2.28. The van der Waals surface area contributed by atoms with Crippen LogP contribution in [-0.2, 0) is 4.79 Å². The first-order valence-electron chi connectivity index (χ1n) is 6.74. The highest BCUT2D eigenvalue weighted by Crippen LogP contribution is 2.29. The predicted octanol–water partition coefficient (Wildman–Crippen LogP) is 3.35. The van der Waals surface area contributed by atoms with E-state index in [1.165, 1.54) is 4.90 Å². The first-order valence-corrected chi connectivity index (χ1v) is 8.52. The summed E-state index contributed by atoms with van der Waals surface area (Å²) in [5.74, 6) is 0.333. The minimum Gasteiger partial charge on any atom is -0.411 e. The Morgan fingerprint density at radius 2 is 2.13 bits per heavy atom. The molecule has 1 aromatic heterocycles. The van der Waals surface area contributed by atoms with Gasteiger partial charge in [-0.15, -0.1) is 10.2 Å². The van der Waals surface area contributed by atoms with Gasteiger partial charge in [-0.25, -0.2) is 0 Å². The number of thioether (sulfide) groups is 1. The van der Waals surface area contributed by atoms with Gasteiger partial charge < -0.3 is 9.32 Å². The van der Waals surface area contributed by atoms with E-state index in [4.69, 9.17) is 9.68 Å². The van der Waals surface area contributed by atoms with Crippen LogP contribution in [0.25, 0.3) is 11.5 Å². The zero-order valence-electron chi connectivity index (χ0n) is 12.9. The molecule has 120 valence electrons. The highest BCUT2D eigenvalue weighted by molar-refractivity contribution is 9.10. The maximum absolute atomic E-state index is 12.1. The van der Waals surface area contributed by atoms with E-state index in [-0.39, 0.29) is 11.7 Å². The smallest absolute Gasteiger partial charge is 0.277 e. The van der Waals surface area contributed by atoms with Crippen molar-refractivity contribution in [2.45, 2.75) is 24.6 Å². The van der Waals surface area contributed by atoms with Crippen molar-refractivity contribution < 1.29 is 9.21 Å². The highest BCUT2D eigenvalue weighted by Gasteiger charge is 2.27. The Labute approximate surface area is 147 Å². The molecule has 0 saturated heterocycles. The molecule has 0 spiro atoms. The lowest BCUT2D eigenvalue weighted by molar-refractivity contribution is -0.130. The Morgan fingerprint density at radius 3 is 2.78 bits per heavy atom. The summed E-state index contributed by atoms with van der Waals surface area (Å²) >= 11 is 4.58. The van der Waals surface area contributed by atoms with Crippen LogP contribution in [0.15, 0.2) is 38.4 Å². The Hall–Kier alpha value is -1.85. The van der Waals surface area contributed by atoms with Crippen LogP contribution in [0.3, 0.4) is 0 Å². The molecule has 2 rings (SSSR count). The summed E-state index contributed by atoms with van der Waals surface area (Å²) in [5.41, 5.74) is -0.0621. The molecule has 0 aliphatic carbocycles. The van der Waals surface area contributed by atoms with E-state index in [9.17, 15) is 4.79 Å². The second kappa shape index (κ2) is 7.15. The minimum atomic E-state index is -0.855. The molecule has 6 nitrogen and oxygen atoms in total. The maximum atomic E-state index is 12.1. The van der Waals surface area contributed by atoms with Gasteiger partial charge in [-0.1, -0.05) is 23.9 Å². The summed E-state index contributed by atoms with van der Waals surface area (Å²) in [5, 5.41) is 17.3. The highest BCUT2D eigenvalue weighted by atomic mass is 79.9. The van der Waals surface area contributed by atoms with Crippen LogP contribution >= 0.6 is 27.7 Å². The molecule has 0 N–H and O–H groups in total. The van der Waals surface area contributed by atoms with Crippen molar-refractivity contribution in [3.63, 3.8) is 0 Å². The number of carbonyl (C=O) groups excluding carboxylic acids is 1. The molecule has 1 aromatic carbocycles. The van der Waals surface area contributed by atoms with Crippen LogP contribution in [0.2, 0.25) is 0 Å². The lowest BCUT2D eigenvalue weighted by Crippen LogP contribution is -2.44. The molecule has 8 heteroatoms. The molecule has 2 aromatic rings. The van der Waals surface area contributed by atoms with Gasteiger partial charge in [-0.3, -0.25) is 4.79 Å². The molecule has 23 heavy (non-hydrogen) atoms. The third-order valence-electron chi connectivity index (χ3n) is 3.32. The van der Waals surface area contributed by atoms with E-state index in [2.05, 4.69) is 32.2 Å². The van der Waals surface area contributed by atoms with Crippen LogP contribution in [0.5, 0.6) is 0 Å². The molecule has 0 aliphatic rings. The number of hydrogen-bond donors (Lipinski definition) is 0. The molecule has 0 atom stereocenters. The van der Waals surface area contributed by atoms with Gasteiger partial charge in [0.05, 0.1) is 17.4 Å². The van der Waals surface area contributed by atoms with Crippen LogP contribution in [0.4, 0.5) is 0 Å². The van der Waals surface area contributed by atoms with Crippen molar-refractivity contribution in [2.75, 3.05) is 12.8 Å². The van der Waals surface area contributed by atoms with E-state index in [0.29, 0.717) is 11.1 Å². The second-order valence-electron chi connectivity index (χ2n) is 5.27. The third-order valence-corrected chi connectivity index (χ3v) is 4.81. The first kappa shape index (κ1) is 17.5. The Balaban J connectivity index is 2.02. The number of aromatic nitrogens is 2. The average molecular weight is 395 g/mol. The third kappa shape index (κ3) is 4.12. The van der Waals surface area contributed by atoms with Crippen molar-refractivity contribution in [1.29, 1.82) is 5.26 Å². The number of carbonyl (C=O) groups is 1. The van der Waals surface area contributed by atoms with Gasteiger partial charge in [-0.2, -0.15) is 5.26 Å². The number of amides is 1. The fourth-order valence-corrected chi connectivity index (χ4v) is 2.75. The normalized spacial score (nSPS) is 11.1. The van der Waals surface area contributed by atoms with Gasteiger partial charge in [0.2, 0.25) is 11.8 Å². The summed E-state index contributed by atoms with van der Waals surface area (Å²) < 4.78 is 6.42. The van der Waals surface area contributed by atoms with E-state index < -0.39 is 5.54 Å². The quantitative estimate of drug-likeness (QED) is 0.722. The zero-order chi connectivity index (χ0) is 17.0. The van der Waals surface area contributed by atoms with Gasteiger partial charge >= 0.3 is 0 Å². The monoisotopic (exact) mass is 394 g/mol. The fourth-order valence-electron chi connectivity index (χ4n) is 1.62. The minimum absolute atomic E-state index is 0.124. The Bertz CT molecular complexity index is 754. The largest absolute Gasteiger partial charge is 0.411 e. The van der Waals surface area contributed by atoms with Gasteiger partial charge in [0.25, 0.3) is 5.22 Å². The number of nitriles is 1. The lowest BCUT2D eigenvalue weighted by atomic mass is 10.1. The first-order chi connectivity index (χ1) is 10.8. The van der Waals surface area contributed by atoms with Crippen LogP contribution < -0.4 is 0 Å². The second-order valence-corrected chi connectivity index (χ2v) is 7.05. The number of nitrogens with zero attached hydrogens (tertiary/aromatic N) is 4. The summed E-state index contributed by atoms with van der Waals surface area (Å²) in [7, 11) is 1.60. The SMILES string of the molecule is CN(C(=O)CSc1nnc(-c2ccccc2Br)o1)C(C)(C)C#N. The summed E-state index contributed by atoms with van der Waals surface area (Å²) in [6, 6.07) is 9.60. The molecule has 0 radical (unpaired) electrons. The van der Waals surface area contributed by atoms with Crippen LogP contribution in [0, 0.1) is 11.3 Å². The molecular weight excluding hydrogens is 380 g/mol. The Morgan fingerprint density at radius 1 is 1.43 bits per heavy atom. The van der Waals surface area contributed by atoms with E-state index >= 15 is 0 Å². The van der Waals surface area contributed by atoms with Crippen molar-refractivity contribution in [2.24, 2.45) is 0 Å². The molecule has 0 fully saturated rings. The molecule has 0 bridgehead atoms. The van der Waals surface area contributed by atoms with Crippen LogP contribution in [-0.4, -0.2) is 39.3 Å². The number of halogens is 1. The molecule has 0 unspecified atom stereocenters. The predicted molar refractivity (Wildman–Crippen MR) is 90.6 cm³/mol. The van der Waals surface area contributed by atoms with Gasteiger partial charge in [-0.05, 0) is 41.9 Å². The standard InChI is InChI=1S/C15H15BrN4O2S/c1-15(2,9-17)20(3)12(21)8-23-14-19-18-13(22-14)10-6-4-5-7-11(10)16/h4-7H,8H2,1-3H3. The fraction of sp³-hybridized carbons (Fsp3) is 0.333. The van der Waals surface area contributed by atoms with Crippen molar-refractivity contribution in [3.05, 3.63) is 28.7 Å². The molecule has 1 amide bonds. The summed E-state index contributed by atoms with van der Waals surface area (Å²) in [6.07, 6.45) is 0. The maximum Gasteiger partial charge on any atom is 0.277 e. The van der Waals surface area contributed by atoms with Crippen LogP contribution in [0.1, 0.15) is 13.8 Å². The zero-order valence-corrected chi connectivity index (χ0v) is 15.3. The number of rotatable bonds is 5. The van der Waals surface area contributed by atoms with Gasteiger partial charge in [0.15, 0.2) is 0 Å². The summed E-state index contributed by atoms with van der Waals surface area (Å²) in [4.78, 5) is 13.5. The average Bonchev–Trinajstić information content (AvgIpc) is 3.01. The van der Waals surface area contributed by atoms with Crippen molar-refractivity contribution in [3.8, 4) is 17.5 Å². The van der Waals surface area contributed by atoms with Crippen molar-refractivity contribution >= 4 is 33.6 Å². The number of benzene rings is 1. The summed E-state index contributed by atoms with van der Waals surface area (Å²) in [6.45, 7) is 3.38. The number of hydrogen-bond acceptors (Lipinski definition) is 6. The molecule has 0 saturated carbocycles. The topological polar surface area (TPSA) is 83.0 Å². The van der Waals surface area contributed by atoms with Gasteiger partial charge in [0, 0.05) is 11.5 Å². The molecule has 1 heterocycles.